The van der Waals surface area contributed by atoms with Crippen LogP contribution in [0.1, 0.15) is 31.2 Å². The van der Waals surface area contributed by atoms with Crippen LogP contribution in [0.5, 0.6) is 0 Å². The van der Waals surface area contributed by atoms with Crippen molar-refractivity contribution in [2.45, 2.75) is 51.6 Å². The largest absolute Gasteiger partial charge is 0.287 e. The van der Waals surface area contributed by atoms with E-state index in [0.717, 1.165) is 20.7 Å². The molecule has 0 amide bonds. The molecule has 112 valence electrons. The highest BCUT2D eigenvalue weighted by Gasteiger charge is 2.18. The van der Waals surface area contributed by atoms with Gasteiger partial charge in [0.2, 0.25) is 0 Å². The van der Waals surface area contributed by atoms with Gasteiger partial charge in [0.25, 0.3) is 5.56 Å². The molecular formula is C15H19N3OS2. The van der Waals surface area contributed by atoms with Crippen LogP contribution in [-0.4, -0.2) is 14.8 Å². The lowest BCUT2D eigenvalue weighted by molar-refractivity contribution is 0.475. The third-order valence-electron chi connectivity index (χ3n) is 3.27. The van der Waals surface area contributed by atoms with E-state index in [1.807, 2.05) is 20.8 Å². The summed E-state index contributed by atoms with van der Waals surface area (Å²) in [6.45, 7) is 10.6. The number of thiophene rings is 1. The van der Waals surface area contributed by atoms with Crippen LogP contribution < -0.4 is 5.56 Å². The maximum atomic E-state index is 12.8. The molecule has 2 rings (SSSR count). The highest BCUT2D eigenvalue weighted by molar-refractivity contribution is 8.00. The molecule has 0 aliphatic carbocycles. The number of hydrogen-bond acceptors (Lipinski definition) is 5. The first-order valence-electron chi connectivity index (χ1n) is 6.92. The molecule has 0 fully saturated rings. The molecule has 4 nitrogen and oxygen atoms in total. The van der Waals surface area contributed by atoms with E-state index in [2.05, 4.69) is 24.9 Å². The number of nitrogens with zero attached hydrogens (tertiary/aromatic N) is 3. The molecule has 6 heteroatoms. The minimum Gasteiger partial charge on any atom is -0.287 e. The van der Waals surface area contributed by atoms with Crippen LogP contribution in [0, 0.1) is 31.1 Å². The van der Waals surface area contributed by atoms with Crippen LogP contribution in [0.4, 0.5) is 0 Å². The number of rotatable bonds is 4. The molecule has 0 radical (unpaired) electrons. The van der Waals surface area contributed by atoms with Gasteiger partial charge in [-0.1, -0.05) is 25.6 Å². The molecule has 0 aliphatic heterocycles. The molecule has 21 heavy (non-hydrogen) atoms. The summed E-state index contributed by atoms with van der Waals surface area (Å²) in [5.41, 5.74) is 1.04. The number of nitriles is 1. The van der Waals surface area contributed by atoms with Gasteiger partial charge < -0.3 is 0 Å². The SMILES string of the molecule is Cc1sc2nc(S[C@@H](C)C#N)n(CC(C)C)c(=O)c2c1C. The Hall–Kier alpha value is -1.32. The quantitative estimate of drug-likeness (QED) is 0.636. The maximum absolute atomic E-state index is 12.8. The van der Waals surface area contributed by atoms with Crippen molar-refractivity contribution >= 4 is 33.3 Å². The van der Waals surface area contributed by atoms with Gasteiger partial charge in [-0.2, -0.15) is 5.26 Å². The van der Waals surface area contributed by atoms with Crippen molar-refractivity contribution < 1.29 is 0 Å². The predicted octanol–water partition coefficient (Wildman–Crippen LogP) is 3.74. The zero-order valence-corrected chi connectivity index (χ0v) is 14.6. The Labute approximate surface area is 132 Å². The molecule has 0 aromatic carbocycles. The number of aromatic nitrogens is 2. The van der Waals surface area contributed by atoms with Crippen LogP contribution in [-0.2, 0) is 6.54 Å². The van der Waals surface area contributed by atoms with Crippen molar-refractivity contribution in [3.05, 3.63) is 20.8 Å². The van der Waals surface area contributed by atoms with Gasteiger partial charge >= 0.3 is 0 Å². The molecule has 0 unspecified atom stereocenters. The third-order valence-corrected chi connectivity index (χ3v) is 5.35. The fraction of sp³-hybridized carbons (Fsp3) is 0.533. The molecule has 2 aromatic rings. The number of hydrogen-bond donors (Lipinski definition) is 0. The Morgan fingerprint density at radius 1 is 1.38 bits per heavy atom. The average Bonchev–Trinajstić information content (AvgIpc) is 2.69. The van der Waals surface area contributed by atoms with Crippen molar-refractivity contribution in [2.24, 2.45) is 5.92 Å². The molecule has 2 heterocycles. The molecule has 0 bridgehead atoms. The molecule has 0 N–H and O–H groups in total. The second-order valence-electron chi connectivity index (χ2n) is 5.56. The summed E-state index contributed by atoms with van der Waals surface area (Å²) >= 11 is 2.90. The standard InChI is InChI=1S/C15H19N3OS2/c1-8(2)7-18-14(19)12-10(4)11(5)21-13(12)17-15(18)20-9(3)6-16/h8-9H,7H2,1-5H3/t9-/m0/s1. The van der Waals surface area contributed by atoms with Crippen molar-refractivity contribution in [1.82, 2.24) is 9.55 Å². The third kappa shape index (κ3) is 3.14. The van der Waals surface area contributed by atoms with Gasteiger partial charge in [0, 0.05) is 11.4 Å². The summed E-state index contributed by atoms with van der Waals surface area (Å²) in [5.74, 6) is 0.346. The number of aryl methyl sites for hydroxylation is 2. The summed E-state index contributed by atoms with van der Waals surface area (Å²) in [6, 6.07) is 2.19. The normalized spacial score (nSPS) is 12.8. The summed E-state index contributed by atoms with van der Waals surface area (Å²) < 4.78 is 1.73. The van der Waals surface area contributed by atoms with E-state index in [4.69, 9.17) is 5.26 Å². The van der Waals surface area contributed by atoms with Gasteiger partial charge in [0.1, 0.15) is 4.83 Å². The monoisotopic (exact) mass is 321 g/mol. The van der Waals surface area contributed by atoms with Crippen molar-refractivity contribution in [2.75, 3.05) is 0 Å². The smallest absolute Gasteiger partial charge is 0.263 e. The fourth-order valence-electron chi connectivity index (χ4n) is 2.11. The van der Waals surface area contributed by atoms with Crippen LogP contribution in [0.25, 0.3) is 10.2 Å². The van der Waals surface area contributed by atoms with Crippen LogP contribution >= 0.6 is 23.1 Å². The van der Waals surface area contributed by atoms with E-state index in [1.165, 1.54) is 11.8 Å². The lowest BCUT2D eigenvalue weighted by atomic mass is 10.2. The highest BCUT2D eigenvalue weighted by Crippen LogP contribution is 2.29. The van der Waals surface area contributed by atoms with E-state index in [-0.39, 0.29) is 10.8 Å². The highest BCUT2D eigenvalue weighted by atomic mass is 32.2. The minimum absolute atomic E-state index is 0.0168. The summed E-state index contributed by atoms with van der Waals surface area (Å²) in [4.78, 5) is 19.4. The zero-order chi connectivity index (χ0) is 15.7. The van der Waals surface area contributed by atoms with Crippen LogP contribution in [0.2, 0.25) is 0 Å². The van der Waals surface area contributed by atoms with Crippen molar-refractivity contribution in [1.29, 1.82) is 5.26 Å². The predicted molar refractivity (Wildman–Crippen MR) is 89.1 cm³/mol. The van der Waals surface area contributed by atoms with Crippen molar-refractivity contribution in [3.8, 4) is 6.07 Å². The Morgan fingerprint density at radius 2 is 2.05 bits per heavy atom. The van der Waals surface area contributed by atoms with Crippen LogP contribution in [0.15, 0.2) is 9.95 Å². The van der Waals surface area contributed by atoms with Gasteiger partial charge in [0.15, 0.2) is 5.16 Å². The maximum Gasteiger partial charge on any atom is 0.263 e. The summed E-state index contributed by atoms with van der Waals surface area (Å²) in [7, 11) is 0. The van der Waals surface area contributed by atoms with Crippen LogP contribution in [0.3, 0.4) is 0 Å². The molecule has 2 aromatic heterocycles. The zero-order valence-electron chi connectivity index (χ0n) is 12.9. The lowest BCUT2D eigenvalue weighted by Gasteiger charge is -2.14. The number of thioether (sulfide) groups is 1. The van der Waals surface area contributed by atoms with Gasteiger partial charge in [-0.05, 0) is 32.3 Å². The fourth-order valence-corrected chi connectivity index (χ4v) is 3.98. The Morgan fingerprint density at radius 3 is 2.62 bits per heavy atom. The van der Waals surface area contributed by atoms with E-state index >= 15 is 0 Å². The first kappa shape index (κ1) is 16.1. The lowest BCUT2D eigenvalue weighted by Crippen LogP contribution is -2.25. The second kappa shape index (κ2) is 6.20. The Kier molecular flexibility index (Phi) is 4.74. The van der Waals surface area contributed by atoms with E-state index < -0.39 is 0 Å². The number of fused-ring (bicyclic) bond motifs is 1. The first-order valence-corrected chi connectivity index (χ1v) is 8.61. The topological polar surface area (TPSA) is 58.7 Å². The molecular weight excluding hydrogens is 302 g/mol. The molecule has 0 spiro atoms. The summed E-state index contributed by atoms with van der Waals surface area (Å²) in [6.07, 6.45) is 0. The Balaban J connectivity index is 2.71. The van der Waals surface area contributed by atoms with Gasteiger partial charge in [-0.15, -0.1) is 11.3 Å². The Bertz CT molecular complexity index is 768. The van der Waals surface area contributed by atoms with E-state index in [9.17, 15) is 4.79 Å². The second-order valence-corrected chi connectivity index (χ2v) is 8.07. The molecule has 0 saturated carbocycles. The average molecular weight is 321 g/mol. The van der Waals surface area contributed by atoms with E-state index in [0.29, 0.717) is 17.6 Å². The minimum atomic E-state index is -0.227. The molecule has 0 aliphatic rings. The van der Waals surface area contributed by atoms with Crippen molar-refractivity contribution in [3.63, 3.8) is 0 Å². The first-order chi connectivity index (χ1) is 9.85. The summed E-state index contributed by atoms with van der Waals surface area (Å²) in [5, 5.41) is 10.2. The van der Waals surface area contributed by atoms with Gasteiger partial charge in [0.05, 0.1) is 16.7 Å². The van der Waals surface area contributed by atoms with E-state index in [1.54, 1.807) is 15.9 Å². The van der Waals surface area contributed by atoms with Gasteiger partial charge in [-0.25, -0.2) is 4.98 Å². The molecule has 1 atom stereocenters. The molecule has 0 saturated heterocycles. The van der Waals surface area contributed by atoms with Gasteiger partial charge in [-0.3, -0.25) is 9.36 Å².